The van der Waals surface area contributed by atoms with Crippen LogP contribution in [0.3, 0.4) is 0 Å². The molecule has 0 atom stereocenters. The van der Waals surface area contributed by atoms with Crippen molar-refractivity contribution in [2.24, 2.45) is 0 Å². The fourth-order valence-corrected chi connectivity index (χ4v) is 5.46. The van der Waals surface area contributed by atoms with Crippen molar-refractivity contribution in [1.82, 2.24) is 14.7 Å². The number of hydrogen-bond acceptors (Lipinski definition) is 6. The molecule has 8 nitrogen and oxygen atoms in total. The van der Waals surface area contributed by atoms with Crippen molar-refractivity contribution in [3.05, 3.63) is 45.6 Å². The number of nitro benzene ring substituents is 1. The lowest BCUT2D eigenvalue weighted by molar-refractivity contribution is -0.384. The van der Waals surface area contributed by atoms with E-state index < -0.39 is 4.92 Å². The third-order valence-corrected chi connectivity index (χ3v) is 7.49. The van der Waals surface area contributed by atoms with Gasteiger partial charge in [0.05, 0.1) is 10.5 Å². The van der Waals surface area contributed by atoms with Gasteiger partial charge in [-0.1, -0.05) is 32.1 Å². The summed E-state index contributed by atoms with van der Waals surface area (Å²) in [6.45, 7) is 1.90. The van der Waals surface area contributed by atoms with E-state index in [9.17, 15) is 19.7 Å². The smallest absolute Gasteiger partial charge is 0.278 e. The number of carbonyl (C=O) groups is 2. The molecule has 0 bridgehead atoms. The van der Waals surface area contributed by atoms with Gasteiger partial charge in [-0.15, -0.1) is 0 Å². The normalized spacial score (nSPS) is 21.9. The number of benzene rings is 1. The van der Waals surface area contributed by atoms with E-state index in [1.165, 1.54) is 23.5 Å². The van der Waals surface area contributed by atoms with Crippen molar-refractivity contribution in [3.63, 3.8) is 0 Å². The summed E-state index contributed by atoms with van der Waals surface area (Å²) in [5.41, 5.74) is 1.38. The summed E-state index contributed by atoms with van der Waals surface area (Å²) in [5, 5.41) is 11.1. The zero-order valence-electron chi connectivity index (χ0n) is 19.7. The average Bonchev–Trinajstić information content (AvgIpc) is 3.04. The van der Waals surface area contributed by atoms with Crippen LogP contribution in [-0.4, -0.2) is 70.7 Å². The lowest BCUT2D eigenvalue weighted by Crippen LogP contribution is -2.45. The van der Waals surface area contributed by atoms with Crippen LogP contribution < -0.4 is 0 Å². The van der Waals surface area contributed by atoms with Gasteiger partial charge in [-0.25, -0.2) is 0 Å². The Morgan fingerprint density at radius 1 is 0.909 bits per heavy atom. The number of likely N-dealkylation sites (N-methyl/N-ethyl adjacent to an activating group) is 1. The predicted octanol–water partition coefficient (Wildman–Crippen LogP) is 3.81. The molecule has 178 valence electrons. The van der Waals surface area contributed by atoms with Crippen LogP contribution in [0.5, 0.6) is 0 Å². The molecule has 2 amide bonds. The molecular formula is C25H34N4O4. The third-order valence-electron chi connectivity index (χ3n) is 7.49. The van der Waals surface area contributed by atoms with Gasteiger partial charge in [0.2, 0.25) is 0 Å². The minimum Gasteiger partial charge on any atom is -0.366 e. The lowest BCUT2D eigenvalue weighted by atomic mass is 9.95. The minimum atomic E-state index is -0.452. The van der Waals surface area contributed by atoms with Crippen LogP contribution in [0, 0.1) is 10.1 Å². The van der Waals surface area contributed by atoms with E-state index in [4.69, 9.17) is 0 Å². The number of imide groups is 1. The van der Waals surface area contributed by atoms with Gasteiger partial charge in [0.15, 0.2) is 0 Å². The highest BCUT2D eigenvalue weighted by Gasteiger charge is 2.45. The Morgan fingerprint density at radius 2 is 1.48 bits per heavy atom. The molecule has 2 fully saturated rings. The topological polar surface area (TPSA) is 87.0 Å². The fraction of sp³-hybridized carbons (Fsp3) is 0.600. The number of nitrogens with zero attached hydrogens (tertiary/aromatic N) is 4. The molecular weight excluding hydrogens is 420 g/mol. The first-order valence-corrected chi connectivity index (χ1v) is 12.2. The second-order valence-electron chi connectivity index (χ2n) is 9.65. The number of amides is 2. The lowest BCUT2D eigenvalue weighted by Gasteiger charge is -2.37. The zero-order valence-corrected chi connectivity index (χ0v) is 19.7. The number of hydrogen-bond donors (Lipinski definition) is 0. The molecule has 33 heavy (non-hydrogen) atoms. The highest BCUT2D eigenvalue weighted by Crippen LogP contribution is 2.37. The molecule has 0 unspecified atom stereocenters. The molecule has 2 heterocycles. The van der Waals surface area contributed by atoms with Gasteiger partial charge in [-0.2, -0.15) is 0 Å². The minimum absolute atomic E-state index is 0.0294. The van der Waals surface area contributed by atoms with E-state index in [2.05, 4.69) is 11.9 Å². The van der Waals surface area contributed by atoms with E-state index in [0.717, 1.165) is 64.5 Å². The summed E-state index contributed by atoms with van der Waals surface area (Å²) in [6, 6.07) is 6.11. The van der Waals surface area contributed by atoms with Crippen LogP contribution in [0.4, 0.5) is 5.69 Å². The second-order valence-corrected chi connectivity index (χ2v) is 9.65. The SMILES string of the molecule is CN1CCC(N(C)C2=C(c3ccc([N+](=O)[O-])cc3)C(=O)N(C3CCCCCCC3)C2=O)CC1. The standard InChI is InChI=1S/C25H34N4O4/c1-26-16-14-19(15-17-26)27(2)23-22(18-10-12-21(13-11-18)29(32)33)24(30)28(25(23)31)20-8-6-4-3-5-7-9-20/h10-13,19-20H,3-9,14-17H2,1-2H3. The Balaban J connectivity index is 1.71. The first-order chi connectivity index (χ1) is 15.9. The number of likely N-dealkylation sites (tertiary alicyclic amines) is 1. The molecule has 0 N–H and O–H groups in total. The van der Waals surface area contributed by atoms with Crippen molar-refractivity contribution in [2.75, 3.05) is 27.2 Å². The number of nitro groups is 1. The molecule has 0 spiro atoms. The molecule has 0 aromatic heterocycles. The highest BCUT2D eigenvalue weighted by molar-refractivity contribution is 6.35. The predicted molar refractivity (Wildman–Crippen MR) is 126 cm³/mol. The first kappa shape index (κ1) is 23.4. The number of carbonyl (C=O) groups excluding carboxylic acids is 2. The van der Waals surface area contributed by atoms with E-state index in [0.29, 0.717) is 16.8 Å². The van der Waals surface area contributed by atoms with Crippen molar-refractivity contribution in [3.8, 4) is 0 Å². The number of rotatable bonds is 5. The zero-order chi connectivity index (χ0) is 23.5. The summed E-state index contributed by atoms with van der Waals surface area (Å²) >= 11 is 0. The van der Waals surface area contributed by atoms with E-state index in [-0.39, 0.29) is 29.6 Å². The number of non-ortho nitro benzene ring substituents is 1. The van der Waals surface area contributed by atoms with Crippen LogP contribution in [0.1, 0.15) is 63.4 Å². The van der Waals surface area contributed by atoms with Crippen LogP contribution in [-0.2, 0) is 9.59 Å². The van der Waals surface area contributed by atoms with Crippen LogP contribution >= 0.6 is 0 Å². The van der Waals surface area contributed by atoms with Gasteiger partial charge in [-0.3, -0.25) is 24.6 Å². The Labute approximate surface area is 195 Å². The van der Waals surface area contributed by atoms with Gasteiger partial charge in [0, 0.05) is 31.3 Å². The first-order valence-electron chi connectivity index (χ1n) is 12.2. The van der Waals surface area contributed by atoms with Gasteiger partial charge in [0.25, 0.3) is 17.5 Å². The van der Waals surface area contributed by atoms with Crippen molar-refractivity contribution >= 4 is 23.1 Å². The molecule has 8 heteroatoms. The largest absolute Gasteiger partial charge is 0.366 e. The Hall–Kier alpha value is -2.74. The molecule has 1 aromatic carbocycles. The maximum Gasteiger partial charge on any atom is 0.278 e. The average molecular weight is 455 g/mol. The summed E-state index contributed by atoms with van der Waals surface area (Å²) in [4.78, 5) is 44.0. The van der Waals surface area contributed by atoms with E-state index in [1.807, 2.05) is 11.9 Å². The molecule has 2 aliphatic heterocycles. The summed E-state index contributed by atoms with van der Waals surface area (Å²) in [6.07, 6.45) is 9.07. The van der Waals surface area contributed by atoms with Gasteiger partial charge in [-0.05, 0) is 63.5 Å². The Bertz CT molecular complexity index is 926. The van der Waals surface area contributed by atoms with Crippen LogP contribution in [0.2, 0.25) is 0 Å². The Morgan fingerprint density at radius 3 is 2.06 bits per heavy atom. The molecule has 4 rings (SSSR count). The maximum absolute atomic E-state index is 13.8. The molecule has 0 radical (unpaired) electrons. The summed E-state index contributed by atoms with van der Waals surface area (Å²) < 4.78 is 0. The fourth-order valence-electron chi connectivity index (χ4n) is 5.46. The van der Waals surface area contributed by atoms with Crippen LogP contribution in [0.25, 0.3) is 5.57 Å². The summed E-state index contributed by atoms with van der Waals surface area (Å²) in [5.74, 6) is -0.463. The third kappa shape index (κ3) is 4.81. The highest BCUT2D eigenvalue weighted by atomic mass is 16.6. The van der Waals surface area contributed by atoms with Gasteiger partial charge >= 0.3 is 0 Å². The molecule has 1 aliphatic carbocycles. The number of piperidine rings is 1. The van der Waals surface area contributed by atoms with Crippen molar-refractivity contribution in [1.29, 1.82) is 0 Å². The quantitative estimate of drug-likeness (QED) is 0.382. The Kier molecular flexibility index (Phi) is 7.12. The monoisotopic (exact) mass is 454 g/mol. The van der Waals surface area contributed by atoms with E-state index >= 15 is 0 Å². The van der Waals surface area contributed by atoms with Gasteiger partial charge < -0.3 is 9.80 Å². The molecule has 1 saturated heterocycles. The molecule has 3 aliphatic rings. The summed E-state index contributed by atoms with van der Waals surface area (Å²) in [7, 11) is 4.02. The van der Waals surface area contributed by atoms with Crippen LogP contribution in [0.15, 0.2) is 30.0 Å². The van der Waals surface area contributed by atoms with Crippen molar-refractivity contribution in [2.45, 2.75) is 69.9 Å². The van der Waals surface area contributed by atoms with E-state index in [1.54, 1.807) is 12.1 Å². The van der Waals surface area contributed by atoms with Crippen molar-refractivity contribution < 1.29 is 14.5 Å². The second kappa shape index (κ2) is 10.0. The van der Waals surface area contributed by atoms with Gasteiger partial charge in [0.1, 0.15) is 5.70 Å². The molecule has 1 saturated carbocycles. The molecule has 1 aromatic rings. The maximum atomic E-state index is 13.8.